The zero-order chi connectivity index (χ0) is 13.4. The summed E-state index contributed by atoms with van der Waals surface area (Å²) in [5.74, 6) is 0.905. The minimum atomic E-state index is 0.0337. The molecule has 0 fully saturated rings. The highest BCUT2D eigenvalue weighted by Gasteiger charge is 2.03. The molecule has 1 rings (SSSR count). The number of rotatable bonds is 7. The molecule has 0 aliphatic heterocycles. The standard InChI is InChI=1S/C13H22N4O/c1-17(2)12-8-7-11(10-15-12)16-13(18)6-4-3-5-9-14/h7-8,10H,3-6,9,14H2,1-2H3,(H,16,18). The van der Waals surface area contributed by atoms with Crippen molar-refractivity contribution in [1.82, 2.24) is 4.98 Å². The van der Waals surface area contributed by atoms with Gasteiger partial charge in [0.25, 0.3) is 0 Å². The minimum absolute atomic E-state index is 0.0337. The zero-order valence-electron chi connectivity index (χ0n) is 11.1. The van der Waals surface area contributed by atoms with E-state index in [-0.39, 0.29) is 5.91 Å². The van der Waals surface area contributed by atoms with E-state index in [4.69, 9.17) is 5.73 Å². The van der Waals surface area contributed by atoms with Gasteiger partial charge in [-0.3, -0.25) is 4.79 Å². The molecule has 18 heavy (non-hydrogen) atoms. The van der Waals surface area contributed by atoms with E-state index >= 15 is 0 Å². The summed E-state index contributed by atoms with van der Waals surface area (Å²) < 4.78 is 0. The lowest BCUT2D eigenvalue weighted by molar-refractivity contribution is -0.116. The average molecular weight is 250 g/mol. The van der Waals surface area contributed by atoms with Crippen molar-refractivity contribution < 1.29 is 4.79 Å². The molecular weight excluding hydrogens is 228 g/mol. The summed E-state index contributed by atoms with van der Waals surface area (Å²) in [6, 6.07) is 3.74. The average Bonchev–Trinajstić information content (AvgIpc) is 2.35. The molecule has 0 atom stereocenters. The number of nitrogens with one attached hydrogen (secondary N) is 1. The largest absolute Gasteiger partial charge is 0.363 e. The van der Waals surface area contributed by atoms with Gasteiger partial charge in [-0.2, -0.15) is 0 Å². The Morgan fingerprint density at radius 3 is 2.67 bits per heavy atom. The van der Waals surface area contributed by atoms with Crippen molar-refractivity contribution >= 4 is 17.4 Å². The first kappa shape index (κ1) is 14.4. The van der Waals surface area contributed by atoms with Gasteiger partial charge in [0, 0.05) is 20.5 Å². The lowest BCUT2D eigenvalue weighted by Crippen LogP contribution is -2.13. The van der Waals surface area contributed by atoms with E-state index in [1.165, 1.54) is 0 Å². The second-order valence-corrected chi connectivity index (χ2v) is 4.45. The molecule has 0 saturated carbocycles. The van der Waals surface area contributed by atoms with Gasteiger partial charge >= 0.3 is 0 Å². The number of unbranched alkanes of at least 4 members (excludes halogenated alkanes) is 2. The Labute approximate surface area is 108 Å². The number of carbonyl (C=O) groups is 1. The van der Waals surface area contributed by atoms with Crippen LogP contribution in [0, 0.1) is 0 Å². The topological polar surface area (TPSA) is 71.2 Å². The van der Waals surface area contributed by atoms with Gasteiger partial charge in [0.1, 0.15) is 5.82 Å². The maximum atomic E-state index is 11.6. The van der Waals surface area contributed by atoms with Crippen LogP contribution in [0.25, 0.3) is 0 Å². The number of nitrogens with zero attached hydrogens (tertiary/aromatic N) is 2. The number of nitrogens with two attached hydrogens (primary N) is 1. The maximum absolute atomic E-state index is 11.6. The van der Waals surface area contributed by atoms with Gasteiger partial charge in [-0.15, -0.1) is 0 Å². The van der Waals surface area contributed by atoms with Crippen LogP contribution in [0.5, 0.6) is 0 Å². The molecule has 3 N–H and O–H groups in total. The smallest absolute Gasteiger partial charge is 0.224 e. The van der Waals surface area contributed by atoms with E-state index in [0.717, 1.165) is 30.8 Å². The van der Waals surface area contributed by atoms with Crippen LogP contribution in [0.2, 0.25) is 0 Å². The molecule has 0 aliphatic rings. The maximum Gasteiger partial charge on any atom is 0.224 e. The molecule has 0 unspecified atom stereocenters. The summed E-state index contributed by atoms with van der Waals surface area (Å²) >= 11 is 0. The Morgan fingerprint density at radius 1 is 1.33 bits per heavy atom. The SMILES string of the molecule is CN(C)c1ccc(NC(=O)CCCCCN)cn1. The summed E-state index contributed by atoms with van der Waals surface area (Å²) in [5, 5.41) is 2.83. The van der Waals surface area contributed by atoms with Crippen LogP contribution in [-0.4, -0.2) is 31.5 Å². The molecule has 1 aromatic rings. The van der Waals surface area contributed by atoms with Crippen molar-refractivity contribution in [3.63, 3.8) is 0 Å². The van der Waals surface area contributed by atoms with E-state index < -0.39 is 0 Å². The molecule has 0 saturated heterocycles. The highest BCUT2D eigenvalue weighted by Crippen LogP contribution is 2.12. The Morgan fingerprint density at radius 2 is 2.11 bits per heavy atom. The van der Waals surface area contributed by atoms with E-state index in [1.807, 2.05) is 31.1 Å². The van der Waals surface area contributed by atoms with Crippen molar-refractivity contribution in [2.75, 3.05) is 30.9 Å². The van der Waals surface area contributed by atoms with Crippen molar-refractivity contribution in [3.05, 3.63) is 18.3 Å². The predicted molar refractivity (Wildman–Crippen MR) is 74.7 cm³/mol. The third kappa shape index (κ3) is 5.14. The van der Waals surface area contributed by atoms with Crippen LogP contribution in [-0.2, 0) is 4.79 Å². The third-order valence-electron chi connectivity index (χ3n) is 2.60. The summed E-state index contributed by atoms with van der Waals surface area (Å²) in [5.41, 5.74) is 6.13. The molecule has 0 radical (unpaired) electrons. The van der Waals surface area contributed by atoms with Crippen molar-refractivity contribution in [2.45, 2.75) is 25.7 Å². The summed E-state index contributed by atoms with van der Waals surface area (Å²) in [6.07, 6.45) is 5.07. The monoisotopic (exact) mass is 250 g/mol. The molecular formula is C13H22N4O. The van der Waals surface area contributed by atoms with Crippen molar-refractivity contribution in [1.29, 1.82) is 0 Å². The number of hydrogen-bond acceptors (Lipinski definition) is 4. The quantitative estimate of drug-likeness (QED) is 0.721. The van der Waals surface area contributed by atoms with E-state index in [2.05, 4.69) is 10.3 Å². The van der Waals surface area contributed by atoms with Crippen molar-refractivity contribution in [2.24, 2.45) is 5.73 Å². The van der Waals surface area contributed by atoms with E-state index in [1.54, 1.807) is 6.20 Å². The number of aromatic nitrogens is 1. The normalized spacial score (nSPS) is 10.2. The molecule has 1 heterocycles. The van der Waals surface area contributed by atoms with E-state index in [9.17, 15) is 4.79 Å². The van der Waals surface area contributed by atoms with Crippen LogP contribution >= 0.6 is 0 Å². The number of pyridine rings is 1. The summed E-state index contributed by atoms with van der Waals surface area (Å²) in [4.78, 5) is 17.8. The molecule has 5 nitrogen and oxygen atoms in total. The molecule has 0 bridgehead atoms. The molecule has 1 amide bonds. The minimum Gasteiger partial charge on any atom is -0.363 e. The summed E-state index contributed by atoms with van der Waals surface area (Å²) in [7, 11) is 3.86. The first-order valence-corrected chi connectivity index (χ1v) is 6.27. The lowest BCUT2D eigenvalue weighted by Gasteiger charge is -2.11. The Balaban J connectivity index is 2.35. The fourth-order valence-electron chi connectivity index (χ4n) is 1.55. The second kappa shape index (κ2) is 7.66. The second-order valence-electron chi connectivity index (χ2n) is 4.45. The number of amides is 1. The molecule has 0 aromatic carbocycles. The highest BCUT2D eigenvalue weighted by molar-refractivity contribution is 5.90. The Kier molecular flexibility index (Phi) is 6.14. The first-order valence-electron chi connectivity index (χ1n) is 6.27. The van der Waals surface area contributed by atoms with Gasteiger partial charge in [0.05, 0.1) is 11.9 Å². The summed E-state index contributed by atoms with van der Waals surface area (Å²) in [6.45, 7) is 0.692. The van der Waals surface area contributed by atoms with Crippen molar-refractivity contribution in [3.8, 4) is 0 Å². The van der Waals surface area contributed by atoms with Crippen LogP contribution < -0.4 is 16.0 Å². The van der Waals surface area contributed by atoms with Gasteiger partial charge in [-0.25, -0.2) is 4.98 Å². The van der Waals surface area contributed by atoms with Crippen LogP contribution in [0.4, 0.5) is 11.5 Å². The van der Waals surface area contributed by atoms with Crippen LogP contribution in [0.3, 0.4) is 0 Å². The van der Waals surface area contributed by atoms with Gasteiger partial charge in [-0.05, 0) is 31.5 Å². The molecule has 1 aromatic heterocycles. The Hall–Kier alpha value is -1.62. The lowest BCUT2D eigenvalue weighted by atomic mass is 10.2. The predicted octanol–water partition coefficient (Wildman–Crippen LogP) is 1.61. The fourth-order valence-corrected chi connectivity index (χ4v) is 1.55. The van der Waals surface area contributed by atoms with Crippen LogP contribution in [0.15, 0.2) is 18.3 Å². The number of hydrogen-bond donors (Lipinski definition) is 2. The van der Waals surface area contributed by atoms with Crippen LogP contribution in [0.1, 0.15) is 25.7 Å². The fraction of sp³-hybridized carbons (Fsp3) is 0.538. The number of anilines is 2. The van der Waals surface area contributed by atoms with Gasteiger partial charge in [-0.1, -0.05) is 6.42 Å². The zero-order valence-corrected chi connectivity index (χ0v) is 11.1. The molecule has 0 spiro atoms. The molecule has 0 aliphatic carbocycles. The molecule has 100 valence electrons. The van der Waals surface area contributed by atoms with Gasteiger partial charge in [0.15, 0.2) is 0 Å². The first-order chi connectivity index (χ1) is 8.63. The highest BCUT2D eigenvalue weighted by atomic mass is 16.1. The number of carbonyl (C=O) groups excluding carboxylic acids is 1. The third-order valence-corrected chi connectivity index (χ3v) is 2.60. The molecule has 5 heteroatoms. The van der Waals surface area contributed by atoms with E-state index in [0.29, 0.717) is 13.0 Å². The Bertz CT molecular complexity index is 362. The van der Waals surface area contributed by atoms with Gasteiger partial charge in [0.2, 0.25) is 5.91 Å². The van der Waals surface area contributed by atoms with Gasteiger partial charge < -0.3 is 16.0 Å².